The van der Waals surface area contributed by atoms with Crippen LogP contribution in [0.3, 0.4) is 0 Å². The van der Waals surface area contributed by atoms with Gasteiger partial charge in [0.25, 0.3) is 0 Å². The van der Waals surface area contributed by atoms with Gasteiger partial charge in [0.2, 0.25) is 6.29 Å². The van der Waals surface area contributed by atoms with Crippen LogP contribution in [0.25, 0.3) is 0 Å². The lowest BCUT2D eigenvalue weighted by Crippen LogP contribution is -2.61. The van der Waals surface area contributed by atoms with Crippen LogP contribution < -0.4 is 9.64 Å². The summed E-state index contributed by atoms with van der Waals surface area (Å²) in [6.45, 7) is 1.63. The molecule has 35 heavy (non-hydrogen) atoms. The highest BCUT2D eigenvalue weighted by molar-refractivity contribution is 6.30. The van der Waals surface area contributed by atoms with Gasteiger partial charge in [0.05, 0.1) is 0 Å². The van der Waals surface area contributed by atoms with Crippen molar-refractivity contribution in [1.82, 2.24) is 4.90 Å². The van der Waals surface area contributed by atoms with Gasteiger partial charge in [-0.15, -0.1) is 0 Å². The Balaban J connectivity index is 1.68. The minimum absolute atomic E-state index is 0.413. The summed E-state index contributed by atoms with van der Waals surface area (Å²) in [5.74, 6) is -1.04. The number of ether oxygens (including phenoxy) is 2. The maximum absolute atomic E-state index is 11.5. The molecule has 10 heteroatoms. The summed E-state index contributed by atoms with van der Waals surface area (Å²) in [4.78, 5) is 15.8. The van der Waals surface area contributed by atoms with Crippen LogP contribution in [0.5, 0.6) is 5.75 Å². The molecule has 0 bridgehead atoms. The van der Waals surface area contributed by atoms with E-state index in [0.717, 1.165) is 48.4 Å². The molecular weight excluding hydrogens is 476 g/mol. The molecule has 0 aromatic heterocycles. The zero-order valence-corrected chi connectivity index (χ0v) is 20.4. The molecule has 5 atom stereocenters. The van der Waals surface area contributed by atoms with E-state index in [-0.39, 0.29) is 0 Å². The van der Waals surface area contributed by atoms with E-state index >= 15 is 0 Å². The number of rotatable bonds is 7. The minimum atomic E-state index is -1.78. The molecule has 1 saturated heterocycles. The topological polar surface area (TPSA) is 123 Å². The van der Waals surface area contributed by atoms with Gasteiger partial charge >= 0.3 is 5.97 Å². The Hall–Kier alpha value is -2.40. The van der Waals surface area contributed by atoms with Crippen molar-refractivity contribution >= 4 is 28.9 Å². The van der Waals surface area contributed by atoms with E-state index in [0.29, 0.717) is 17.2 Å². The van der Waals surface area contributed by atoms with Gasteiger partial charge in [0.1, 0.15) is 24.1 Å². The second-order valence-electron chi connectivity index (χ2n) is 9.19. The van der Waals surface area contributed by atoms with Gasteiger partial charge in [-0.3, -0.25) is 0 Å². The van der Waals surface area contributed by atoms with E-state index in [9.17, 15) is 25.2 Å². The quantitative estimate of drug-likeness (QED) is 0.445. The average Bonchev–Trinajstić information content (AvgIpc) is 2.96. The van der Waals surface area contributed by atoms with E-state index in [2.05, 4.69) is 9.80 Å². The number of hydrogen-bond acceptors (Lipinski definition) is 8. The Labute approximate surface area is 209 Å². The maximum Gasteiger partial charge on any atom is 0.335 e. The molecule has 4 rings (SSSR count). The normalized spacial score (nSPS) is 26.1. The summed E-state index contributed by atoms with van der Waals surface area (Å²) in [5.41, 5.74) is 3.95. The first-order valence-electron chi connectivity index (χ1n) is 11.6. The van der Waals surface area contributed by atoms with Crippen molar-refractivity contribution in [2.75, 3.05) is 32.1 Å². The first-order chi connectivity index (χ1) is 16.7. The van der Waals surface area contributed by atoms with Gasteiger partial charge in [0, 0.05) is 28.5 Å². The van der Waals surface area contributed by atoms with Crippen LogP contribution in [0.2, 0.25) is 5.02 Å². The molecule has 0 unspecified atom stereocenters. The number of carboxylic acid groups (broad SMARTS) is 1. The number of aliphatic carboxylic acids is 1. The number of fused-ring (bicyclic) bond motifs is 2. The summed E-state index contributed by atoms with van der Waals surface area (Å²) in [5, 5.41) is 40.6. The second-order valence-corrected chi connectivity index (χ2v) is 9.62. The standard InChI is InChI=1S/C25H31ClN2O7/c1-27(2)11-4-12-28-17-5-3-6-19(16(17)10-8-14-7-9-15(26)13-18(14)28)34-25-22(31)20(29)21(30)23(35-25)24(32)33/h3,5-7,9,13,20-23,25,29-31H,4,8,10-12H2,1-2H3,(H,32,33)/t20-,21-,22+,23-,25+/m0/s1. The zero-order valence-electron chi connectivity index (χ0n) is 19.7. The van der Waals surface area contributed by atoms with Gasteiger partial charge in [-0.2, -0.15) is 0 Å². The van der Waals surface area contributed by atoms with Gasteiger partial charge in [-0.05, 0) is 69.7 Å². The molecule has 2 aromatic rings. The number of aliphatic hydroxyl groups is 3. The monoisotopic (exact) mass is 506 g/mol. The summed E-state index contributed by atoms with van der Waals surface area (Å²) < 4.78 is 11.3. The number of carboxylic acids is 1. The number of benzene rings is 2. The number of aliphatic hydroxyl groups excluding tert-OH is 3. The van der Waals surface area contributed by atoms with Crippen molar-refractivity contribution in [1.29, 1.82) is 0 Å². The highest BCUT2D eigenvalue weighted by atomic mass is 35.5. The largest absolute Gasteiger partial charge is 0.479 e. The minimum Gasteiger partial charge on any atom is -0.479 e. The molecule has 2 aliphatic heterocycles. The lowest BCUT2D eigenvalue weighted by molar-refractivity contribution is -0.271. The van der Waals surface area contributed by atoms with Crippen LogP contribution in [-0.4, -0.2) is 89.2 Å². The number of carbonyl (C=O) groups is 1. The van der Waals surface area contributed by atoms with E-state index in [1.165, 1.54) is 0 Å². The zero-order chi connectivity index (χ0) is 25.3. The van der Waals surface area contributed by atoms with Gasteiger partial charge in [-0.25, -0.2) is 4.79 Å². The molecule has 9 nitrogen and oxygen atoms in total. The first kappa shape index (κ1) is 25.7. The molecule has 2 aromatic carbocycles. The number of aryl methyl sites for hydroxylation is 1. The highest BCUT2D eigenvalue weighted by Crippen LogP contribution is 2.41. The number of halogens is 1. The van der Waals surface area contributed by atoms with Gasteiger partial charge in [-0.1, -0.05) is 23.7 Å². The third-order valence-electron chi connectivity index (χ3n) is 6.42. The van der Waals surface area contributed by atoms with E-state index in [1.54, 1.807) is 6.07 Å². The van der Waals surface area contributed by atoms with Gasteiger partial charge in [0.15, 0.2) is 6.10 Å². The third kappa shape index (κ3) is 5.40. The molecule has 2 aliphatic rings. The number of nitrogens with zero attached hydrogens (tertiary/aromatic N) is 2. The van der Waals surface area contributed by atoms with E-state index in [1.807, 2.05) is 44.4 Å². The molecule has 0 amide bonds. The summed E-state index contributed by atoms with van der Waals surface area (Å²) >= 11 is 6.35. The fourth-order valence-corrected chi connectivity index (χ4v) is 4.78. The summed E-state index contributed by atoms with van der Waals surface area (Å²) in [6.07, 6.45) is -6.09. The molecule has 0 radical (unpaired) electrons. The summed E-state index contributed by atoms with van der Waals surface area (Å²) in [7, 11) is 4.05. The Bertz CT molecular complexity index is 1070. The number of anilines is 2. The molecule has 1 fully saturated rings. The molecule has 4 N–H and O–H groups in total. The van der Waals surface area contributed by atoms with Crippen LogP contribution in [0, 0.1) is 0 Å². The van der Waals surface area contributed by atoms with E-state index < -0.39 is 36.7 Å². The smallest absolute Gasteiger partial charge is 0.335 e. The van der Waals surface area contributed by atoms with Crippen LogP contribution in [0.1, 0.15) is 17.5 Å². The predicted molar refractivity (Wildman–Crippen MR) is 130 cm³/mol. The van der Waals surface area contributed by atoms with Crippen molar-refractivity contribution in [3.8, 4) is 5.75 Å². The fourth-order valence-electron chi connectivity index (χ4n) is 4.62. The lowest BCUT2D eigenvalue weighted by atomic mass is 9.99. The van der Waals surface area contributed by atoms with Crippen molar-refractivity contribution in [2.24, 2.45) is 0 Å². The Kier molecular flexibility index (Phi) is 7.85. The van der Waals surface area contributed by atoms with Crippen LogP contribution >= 0.6 is 11.6 Å². The Morgan fingerprint density at radius 1 is 1.11 bits per heavy atom. The van der Waals surface area contributed by atoms with Crippen molar-refractivity contribution < 1.29 is 34.7 Å². The van der Waals surface area contributed by atoms with Gasteiger partial charge < -0.3 is 39.7 Å². The first-order valence-corrected chi connectivity index (χ1v) is 12.0. The molecule has 0 saturated carbocycles. The Morgan fingerprint density at radius 3 is 2.60 bits per heavy atom. The van der Waals surface area contributed by atoms with Crippen LogP contribution in [0.15, 0.2) is 36.4 Å². The fraction of sp³-hybridized carbons (Fsp3) is 0.480. The lowest BCUT2D eigenvalue weighted by Gasteiger charge is -2.38. The number of hydrogen-bond donors (Lipinski definition) is 4. The molecular formula is C25H31ClN2O7. The van der Waals surface area contributed by atoms with Crippen LogP contribution in [-0.2, 0) is 22.4 Å². The predicted octanol–water partition coefficient (Wildman–Crippen LogP) is 1.80. The van der Waals surface area contributed by atoms with Crippen molar-refractivity contribution in [3.63, 3.8) is 0 Å². The third-order valence-corrected chi connectivity index (χ3v) is 6.66. The molecule has 0 spiro atoms. The van der Waals surface area contributed by atoms with Crippen molar-refractivity contribution in [3.05, 3.63) is 52.5 Å². The van der Waals surface area contributed by atoms with Crippen LogP contribution in [0.4, 0.5) is 11.4 Å². The molecule has 2 heterocycles. The SMILES string of the molecule is CN(C)CCCN1c2cc(Cl)ccc2CCc2c(O[C@@H]3O[C@H](C(=O)O)[C@@H](O)[C@H](O)[C@H]3O)cccc21. The maximum atomic E-state index is 11.5. The highest BCUT2D eigenvalue weighted by Gasteiger charge is 2.48. The Morgan fingerprint density at radius 2 is 1.89 bits per heavy atom. The summed E-state index contributed by atoms with van der Waals surface area (Å²) in [6, 6.07) is 11.4. The van der Waals surface area contributed by atoms with E-state index in [4.69, 9.17) is 21.1 Å². The molecule has 190 valence electrons. The van der Waals surface area contributed by atoms with Crippen molar-refractivity contribution in [2.45, 2.75) is 50.0 Å². The molecule has 0 aliphatic carbocycles. The second kappa shape index (κ2) is 10.7. The average molecular weight is 507 g/mol.